The summed E-state index contributed by atoms with van der Waals surface area (Å²) in [6, 6.07) is 9.45. The molecule has 0 saturated carbocycles. The molecule has 0 aliphatic carbocycles. The number of carbonyl (C=O) groups is 1. The zero-order chi connectivity index (χ0) is 23.0. The van der Waals surface area contributed by atoms with Crippen molar-refractivity contribution in [2.75, 3.05) is 29.9 Å². The van der Waals surface area contributed by atoms with E-state index in [1.54, 1.807) is 20.2 Å². The van der Waals surface area contributed by atoms with E-state index in [9.17, 15) is 14.4 Å². The third-order valence-electron chi connectivity index (χ3n) is 6.02. The van der Waals surface area contributed by atoms with Gasteiger partial charge >= 0.3 is 11.1 Å². The summed E-state index contributed by atoms with van der Waals surface area (Å²) in [6.07, 6.45) is 2.13. The number of nitrogens with one attached hydrogen (secondary N) is 1. The molecular formula is C24H28N4O4. The summed E-state index contributed by atoms with van der Waals surface area (Å²) in [5, 5.41) is 2.95. The molecule has 1 fully saturated rings. The molecule has 1 aliphatic rings. The lowest BCUT2D eigenvalue weighted by Gasteiger charge is -2.23. The van der Waals surface area contributed by atoms with E-state index >= 15 is 0 Å². The number of ether oxygens (including phenoxy) is 1. The number of anilines is 2. The van der Waals surface area contributed by atoms with Crippen LogP contribution in [0.5, 0.6) is 5.75 Å². The molecule has 4 rings (SSSR count). The molecule has 1 aliphatic heterocycles. The molecule has 32 heavy (non-hydrogen) atoms. The van der Waals surface area contributed by atoms with Gasteiger partial charge in [-0.15, -0.1) is 0 Å². The summed E-state index contributed by atoms with van der Waals surface area (Å²) in [5.41, 5.74) is 3.57. The minimum Gasteiger partial charge on any atom is -0.483 e. The Balaban J connectivity index is 1.68. The standard InChI is InChI=1S/C24H28N4O4/c1-15-7-8-21(16(2)11-15)32-14-22(29)25-17-12-19-20(13-18(17)28-9-5-6-10-28)27(4)24(31)23(30)26(19)3/h7-8,11-13H,5-6,9-10,14H2,1-4H3,(H,25,29). The van der Waals surface area contributed by atoms with Gasteiger partial charge in [0.25, 0.3) is 5.91 Å². The Bertz CT molecular complexity index is 1320. The minimum atomic E-state index is -0.607. The molecule has 3 aromatic rings. The average Bonchev–Trinajstić information content (AvgIpc) is 3.30. The number of carbonyl (C=O) groups excluding carboxylic acids is 1. The maximum Gasteiger partial charge on any atom is 0.316 e. The highest BCUT2D eigenvalue weighted by molar-refractivity contribution is 5.99. The first-order valence-corrected chi connectivity index (χ1v) is 10.7. The van der Waals surface area contributed by atoms with Gasteiger partial charge in [-0.1, -0.05) is 17.7 Å². The second kappa shape index (κ2) is 8.53. The van der Waals surface area contributed by atoms with Crippen molar-refractivity contribution in [2.45, 2.75) is 26.7 Å². The maximum atomic E-state index is 12.8. The van der Waals surface area contributed by atoms with Gasteiger partial charge < -0.3 is 24.1 Å². The Morgan fingerprint density at radius 1 is 0.969 bits per heavy atom. The maximum absolute atomic E-state index is 12.8. The quantitative estimate of drug-likeness (QED) is 0.621. The molecule has 2 heterocycles. The predicted octanol–water partition coefficient (Wildman–Crippen LogP) is 2.47. The van der Waals surface area contributed by atoms with Crippen LogP contribution in [0, 0.1) is 13.8 Å². The molecule has 1 aromatic heterocycles. The summed E-state index contributed by atoms with van der Waals surface area (Å²) in [6.45, 7) is 5.56. The van der Waals surface area contributed by atoms with Crippen LogP contribution in [-0.2, 0) is 18.9 Å². The highest BCUT2D eigenvalue weighted by Crippen LogP contribution is 2.32. The Morgan fingerprint density at radius 3 is 2.22 bits per heavy atom. The van der Waals surface area contributed by atoms with Crippen LogP contribution in [0.4, 0.5) is 11.4 Å². The second-order valence-corrected chi connectivity index (χ2v) is 8.39. The normalized spacial score (nSPS) is 13.6. The van der Waals surface area contributed by atoms with E-state index < -0.39 is 11.1 Å². The molecule has 8 heteroatoms. The van der Waals surface area contributed by atoms with Gasteiger partial charge in [0.15, 0.2) is 6.61 Å². The fourth-order valence-corrected chi connectivity index (χ4v) is 4.22. The van der Waals surface area contributed by atoms with Crippen LogP contribution in [0.15, 0.2) is 39.9 Å². The monoisotopic (exact) mass is 436 g/mol. The molecular weight excluding hydrogens is 408 g/mol. The third-order valence-corrected chi connectivity index (χ3v) is 6.02. The Morgan fingerprint density at radius 2 is 1.59 bits per heavy atom. The van der Waals surface area contributed by atoms with Crippen molar-refractivity contribution in [2.24, 2.45) is 14.1 Å². The lowest BCUT2D eigenvalue weighted by atomic mass is 10.1. The highest BCUT2D eigenvalue weighted by atomic mass is 16.5. The number of fused-ring (bicyclic) bond motifs is 1. The molecule has 0 radical (unpaired) electrons. The second-order valence-electron chi connectivity index (χ2n) is 8.39. The molecule has 0 spiro atoms. The number of aryl methyl sites for hydroxylation is 4. The first-order chi connectivity index (χ1) is 15.3. The zero-order valence-corrected chi connectivity index (χ0v) is 18.9. The van der Waals surface area contributed by atoms with E-state index in [2.05, 4.69) is 10.2 Å². The van der Waals surface area contributed by atoms with Crippen molar-refractivity contribution in [1.82, 2.24) is 9.13 Å². The number of nitrogens with zero attached hydrogens (tertiary/aromatic N) is 3. The van der Waals surface area contributed by atoms with E-state index in [1.807, 2.05) is 38.1 Å². The van der Waals surface area contributed by atoms with E-state index in [0.29, 0.717) is 22.5 Å². The van der Waals surface area contributed by atoms with Gasteiger partial charge in [0.05, 0.1) is 22.4 Å². The summed E-state index contributed by atoms with van der Waals surface area (Å²) >= 11 is 0. The topological polar surface area (TPSA) is 85.6 Å². The first-order valence-electron chi connectivity index (χ1n) is 10.7. The molecule has 2 aromatic carbocycles. The summed E-state index contributed by atoms with van der Waals surface area (Å²) in [5.74, 6) is 0.376. The molecule has 1 N–H and O–H groups in total. The number of aromatic nitrogens is 2. The molecule has 1 amide bonds. The molecule has 0 bridgehead atoms. The number of benzene rings is 2. The van der Waals surface area contributed by atoms with Crippen LogP contribution in [-0.4, -0.2) is 34.7 Å². The van der Waals surface area contributed by atoms with Gasteiger partial charge in [0.2, 0.25) is 0 Å². The largest absolute Gasteiger partial charge is 0.483 e. The average molecular weight is 437 g/mol. The SMILES string of the molecule is Cc1ccc(OCC(=O)Nc2cc3c(cc2N2CCCC2)n(C)c(=O)c(=O)n3C)c(C)c1. The van der Waals surface area contributed by atoms with Gasteiger partial charge in [-0.25, -0.2) is 0 Å². The Labute approximate surface area is 186 Å². The molecule has 1 saturated heterocycles. The lowest BCUT2D eigenvalue weighted by molar-refractivity contribution is -0.118. The Hall–Kier alpha value is -3.55. The molecule has 168 valence electrons. The fourth-order valence-electron chi connectivity index (χ4n) is 4.22. The highest BCUT2D eigenvalue weighted by Gasteiger charge is 2.20. The van der Waals surface area contributed by atoms with E-state index in [0.717, 1.165) is 42.7 Å². The van der Waals surface area contributed by atoms with Crippen molar-refractivity contribution < 1.29 is 9.53 Å². The van der Waals surface area contributed by atoms with E-state index in [-0.39, 0.29) is 12.5 Å². The van der Waals surface area contributed by atoms with Crippen molar-refractivity contribution in [3.63, 3.8) is 0 Å². The van der Waals surface area contributed by atoms with Crippen molar-refractivity contribution in [3.05, 3.63) is 62.2 Å². The lowest BCUT2D eigenvalue weighted by Crippen LogP contribution is -2.39. The number of hydrogen-bond donors (Lipinski definition) is 1. The van der Waals surface area contributed by atoms with E-state index in [4.69, 9.17) is 4.74 Å². The predicted molar refractivity (Wildman–Crippen MR) is 126 cm³/mol. The Kier molecular flexibility index (Phi) is 5.78. The third kappa shape index (κ3) is 4.00. The number of hydrogen-bond acceptors (Lipinski definition) is 5. The summed E-state index contributed by atoms with van der Waals surface area (Å²) in [4.78, 5) is 39.6. The van der Waals surface area contributed by atoms with Crippen molar-refractivity contribution >= 4 is 28.3 Å². The summed E-state index contributed by atoms with van der Waals surface area (Å²) in [7, 11) is 3.16. The van der Waals surface area contributed by atoms with Crippen molar-refractivity contribution in [1.29, 1.82) is 0 Å². The van der Waals surface area contributed by atoms with E-state index in [1.165, 1.54) is 9.13 Å². The van der Waals surface area contributed by atoms with Crippen LogP contribution < -0.4 is 26.1 Å². The van der Waals surface area contributed by atoms with Crippen LogP contribution >= 0.6 is 0 Å². The summed E-state index contributed by atoms with van der Waals surface area (Å²) < 4.78 is 8.42. The van der Waals surface area contributed by atoms with Gasteiger partial charge in [-0.3, -0.25) is 14.4 Å². The minimum absolute atomic E-state index is 0.131. The van der Waals surface area contributed by atoms with Crippen LogP contribution in [0.25, 0.3) is 11.0 Å². The van der Waals surface area contributed by atoms with Gasteiger partial charge in [-0.05, 0) is 50.5 Å². The van der Waals surface area contributed by atoms with Gasteiger partial charge in [0.1, 0.15) is 5.75 Å². The smallest absolute Gasteiger partial charge is 0.316 e. The van der Waals surface area contributed by atoms with Crippen LogP contribution in [0.1, 0.15) is 24.0 Å². The molecule has 8 nitrogen and oxygen atoms in total. The number of amides is 1. The van der Waals surface area contributed by atoms with Crippen molar-refractivity contribution in [3.8, 4) is 5.75 Å². The number of rotatable bonds is 5. The molecule has 0 atom stereocenters. The van der Waals surface area contributed by atoms with Crippen LogP contribution in [0.2, 0.25) is 0 Å². The molecule has 0 unspecified atom stereocenters. The van der Waals surface area contributed by atoms with Crippen LogP contribution in [0.3, 0.4) is 0 Å². The van der Waals surface area contributed by atoms with Gasteiger partial charge in [0, 0.05) is 27.2 Å². The van der Waals surface area contributed by atoms with Gasteiger partial charge in [-0.2, -0.15) is 0 Å². The first kappa shape index (κ1) is 21.7. The fraction of sp³-hybridized carbons (Fsp3) is 0.375. The zero-order valence-electron chi connectivity index (χ0n) is 18.9.